The summed E-state index contributed by atoms with van der Waals surface area (Å²) in [6.45, 7) is 3.89. The molecule has 124 valence electrons. The summed E-state index contributed by atoms with van der Waals surface area (Å²) in [7, 11) is 0. The van der Waals surface area contributed by atoms with Gasteiger partial charge < -0.3 is 14.8 Å². The summed E-state index contributed by atoms with van der Waals surface area (Å²) in [5.74, 6) is 1.38. The molecule has 5 nitrogen and oxygen atoms in total. The molecule has 2 aromatic carbocycles. The smallest absolute Gasteiger partial charge is 0.326 e. The average Bonchev–Trinajstić information content (AvgIpc) is 2.60. The molecule has 0 fully saturated rings. The molecule has 0 aliphatic carbocycles. The van der Waals surface area contributed by atoms with Crippen molar-refractivity contribution in [3.8, 4) is 11.5 Å². The number of hydrogen-bond acceptors (Lipinski definition) is 4. The quantitative estimate of drug-likeness (QED) is 0.851. The molecule has 0 saturated heterocycles. The van der Waals surface area contributed by atoms with Gasteiger partial charge in [-0.3, -0.25) is 4.90 Å². The van der Waals surface area contributed by atoms with Crippen LogP contribution < -0.4 is 19.7 Å². The maximum Gasteiger partial charge on any atom is 0.326 e. The van der Waals surface area contributed by atoms with Crippen LogP contribution in [-0.2, 0) is 0 Å². The molecule has 0 saturated carbocycles. The number of amides is 2. The fourth-order valence-electron chi connectivity index (χ4n) is 2.89. The summed E-state index contributed by atoms with van der Waals surface area (Å²) in [6.07, 6.45) is 0. The molecular weight excluding hydrogens is 324 g/mol. The fourth-order valence-corrected chi connectivity index (χ4v) is 4.01. The van der Waals surface area contributed by atoms with E-state index in [1.165, 1.54) is 0 Å². The Hall–Kier alpha value is -2.34. The molecule has 1 atom stereocenters. The van der Waals surface area contributed by atoms with E-state index in [0.717, 1.165) is 10.6 Å². The Morgan fingerprint density at radius 2 is 1.96 bits per heavy atom. The number of benzene rings is 2. The van der Waals surface area contributed by atoms with Crippen LogP contribution in [0.25, 0.3) is 0 Å². The number of carbonyl (C=O) groups excluding carboxylic acids is 1. The summed E-state index contributed by atoms with van der Waals surface area (Å²) in [4.78, 5) is 15.7. The first-order valence-corrected chi connectivity index (χ1v) is 8.82. The van der Waals surface area contributed by atoms with E-state index in [4.69, 9.17) is 9.47 Å². The zero-order chi connectivity index (χ0) is 16.5. The summed E-state index contributed by atoms with van der Waals surface area (Å²) in [6, 6.07) is 13.3. The molecule has 2 aliphatic heterocycles. The van der Waals surface area contributed by atoms with Gasteiger partial charge >= 0.3 is 6.03 Å². The number of fused-ring (bicyclic) bond motifs is 2. The maximum absolute atomic E-state index is 12.8. The molecule has 6 heteroatoms. The molecule has 0 radical (unpaired) electrons. The van der Waals surface area contributed by atoms with Gasteiger partial charge in [0, 0.05) is 28.4 Å². The minimum absolute atomic E-state index is 0.133. The van der Waals surface area contributed by atoms with Crippen LogP contribution in [0, 0.1) is 0 Å². The Morgan fingerprint density at radius 1 is 1.17 bits per heavy atom. The van der Waals surface area contributed by atoms with Crippen molar-refractivity contribution in [3.63, 3.8) is 0 Å². The second-order valence-corrected chi connectivity index (χ2v) is 7.28. The highest BCUT2D eigenvalue weighted by Crippen LogP contribution is 2.38. The second-order valence-electron chi connectivity index (χ2n) is 5.80. The van der Waals surface area contributed by atoms with Crippen LogP contribution >= 0.6 is 11.8 Å². The number of nitrogens with one attached hydrogen (secondary N) is 1. The number of ether oxygens (including phenoxy) is 2. The normalized spacial score (nSPS) is 18.7. The van der Waals surface area contributed by atoms with Gasteiger partial charge in [-0.1, -0.05) is 19.1 Å². The number of nitrogens with zero attached hydrogens (tertiary/aromatic N) is 1. The van der Waals surface area contributed by atoms with E-state index in [1.54, 1.807) is 22.7 Å². The summed E-state index contributed by atoms with van der Waals surface area (Å²) in [5.41, 5.74) is 1.66. The minimum atomic E-state index is -0.133. The maximum atomic E-state index is 12.8. The molecule has 4 rings (SSSR count). The predicted octanol–water partition coefficient (Wildman–Crippen LogP) is 3.99. The number of hydrogen-bond donors (Lipinski definition) is 1. The molecule has 24 heavy (non-hydrogen) atoms. The molecule has 2 heterocycles. The highest BCUT2D eigenvalue weighted by molar-refractivity contribution is 8.00. The standard InChI is InChI=1S/C18H18N2O3S/c1-12-11-20(14-4-2-3-5-17(14)24-12)18(21)19-13-6-7-15-16(10-13)23-9-8-22-15/h2-7,10,12H,8-9,11H2,1H3,(H,19,21). The van der Waals surface area contributed by atoms with E-state index in [1.807, 2.05) is 30.3 Å². The number of para-hydroxylation sites is 1. The monoisotopic (exact) mass is 342 g/mol. The highest BCUT2D eigenvalue weighted by Gasteiger charge is 2.27. The van der Waals surface area contributed by atoms with E-state index in [-0.39, 0.29) is 6.03 Å². The number of rotatable bonds is 1. The molecule has 0 bridgehead atoms. The van der Waals surface area contributed by atoms with Gasteiger partial charge in [0.05, 0.1) is 5.69 Å². The molecule has 2 aliphatic rings. The Balaban J connectivity index is 1.56. The minimum Gasteiger partial charge on any atom is -0.486 e. The van der Waals surface area contributed by atoms with Gasteiger partial charge in [0.15, 0.2) is 11.5 Å². The lowest BCUT2D eigenvalue weighted by Gasteiger charge is -2.32. The van der Waals surface area contributed by atoms with Crippen molar-refractivity contribution in [1.29, 1.82) is 0 Å². The van der Waals surface area contributed by atoms with Crippen molar-refractivity contribution in [2.24, 2.45) is 0 Å². The van der Waals surface area contributed by atoms with Gasteiger partial charge in [-0.25, -0.2) is 4.79 Å². The first-order valence-electron chi connectivity index (χ1n) is 7.94. The topological polar surface area (TPSA) is 50.8 Å². The second kappa shape index (κ2) is 6.28. The molecule has 1 unspecified atom stereocenters. The summed E-state index contributed by atoms with van der Waals surface area (Å²) < 4.78 is 11.1. The lowest BCUT2D eigenvalue weighted by Crippen LogP contribution is -2.41. The van der Waals surface area contributed by atoms with Gasteiger partial charge in [-0.05, 0) is 24.3 Å². The van der Waals surface area contributed by atoms with E-state index in [9.17, 15) is 4.79 Å². The molecule has 0 spiro atoms. The van der Waals surface area contributed by atoms with E-state index in [2.05, 4.69) is 18.3 Å². The Bertz CT molecular complexity index is 781. The van der Waals surface area contributed by atoms with Crippen LogP contribution in [0.2, 0.25) is 0 Å². The SMILES string of the molecule is CC1CN(C(=O)Nc2ccc3c(c2)OCCO3)c2ccccc2S1. The Morgan fingerprint density at radius 3 is 2.83 bits per heavy atom. The first kappa shape index (κ1) is 15.2. The van der Waals surface area contributed by atoms with Crippen molar-refractivity contribution < 1.29 is 14.3 Å². The zero-order valence-corrected chi connectivity index (χ0v) is 14.1. The van der Waals surface area contributed by atoms with Crippen LogP contribution in [0.15, 0.2) is 47.4 Å². The van der Waals surface area contributed by atoms with Gasteiger partial charge in [-0.2, -0.15) is 0 Å². The largest absolute Gasteiger partial charge is 0.486 e. The number of anilines is 2. The van der Waals surface area contributed by atoms with Gasteiger partial charge in [-0.15, -0.1) is 11.8 Å². The summed E-state index contributed by atoms with van der Waals surface area (Å²) >= 11 is 1.80. The molecule has 0 aromatic heterocycles. The Labute approximate surface area is 144 Å². The molecule has 1 N–H and O–H groups in total. The molecular formula is C18H18N2O3S. The lowest BCUT2D eigenvalue weighted by molar-refractivity contribution is 0.171. The van der Waals surface area contributed by atoms with E-state index < -0.39 is 0 Å². The molecule has 2 amide bonds. The van der Waals surface area contributed by atoms with E-state index in [0.29, 0.717) is 42.2 Å². The average molecular weight is 342 g/mol. The fraction of sp³-hybridized carbons (Fsp3) is 0.278. The summed E-state index contributed by atoms with van der Waals surface area (Å²) in [5, 5.41) is 3.32. The van der Waals surface area contributed by atoms with Gasteiger partial charge in [0.1, 0.15) is 13.2 Å². The van der Waals surface area contributed by atoms with Crippen LogP contribution in [0.5, 0.6) is 11.5 Å². The van der Waals surface area contributed by atoms with Crippen molar-refractivity contribution >= 4 is 29.2 Å². The van der Waals surface area contributed by atoms with Crippen LogP contribution in [0.1, 0.15) is 6.92 Å². The van der Waals surface area contributed by atoms with Crippen molar-refractivity contribution in [1.82, 2.24) is 0 Å². The number of thioether (sulfide) groups is 1. The third-order valence-electron chi connectivity index (χ3n) is 3.96. The van der Waals surface area contributed by atoms with Crippen molar-refractivity contribution in [2.75, 3.05) is 30.0 Å². The number of carbonyl (C=O) groups is 1. The van der Waals surface area contributed by atoms with Gasteiger partial charge in [0.25, 0.3) is 0 Å². The number of urea groups is 1. The third kappa shape index (κ3) is 2.89. The first-order chi connectivity index (χ1) is 11.7. The third-order valence-corrected chi connectivity index (χ3v) is 5.11. The van der Waals surface area contributed by atoms with Crippen LogP contribution in [-0.4, -0.2) is 31.0 Å². The van der Waals surface area contributed by atoms with Crippen molar-refractivity contribution in [2.45, 2.75) is 17.1 Å². The van der Waals surface area contributed by atoms with Gasteiger partial charge in [0.2, 0.25) is 0 Å². The van der Waals surface area contributed by atoms with E-state index >= 15 is 0 Å². The molecule has 2 aromatic rings. The van der Waals surface area contributed by atoms with Crippen LogP contribution in [0.4, 0.5) is 16.2 Å². The predicted molar refractivity (Wildman–Crippen MR) is 95.6 cm³/mol. The van der Waals surface area contributed by atoms with Crippen LogP contribution in [0.3, 0.4) is 0 Å². The zero-order valence-electron chi connectivity index (χ0n) is 13.3. The Kier molecular flexibility index (Phi) is 3.98. The van der Waals surface area contributed by atoms with Crippen molar-refractivity contribution in [3.05, 3.63) is 42.5 Å². The lowest BCUT2D eigenvalue weighted by atomic mass is 10.2. The highest BCUT2D eigenvalue weighted by atomic mass is 32.2.